The SMILES string of the molecule is CCCc1nc2ccc([N+](=O)[O-])cc2c(=O)n1Cc1ccc(F)cc1. The highest BCUT2D eigenvalue weighted by Gasteiger charge is 2.14. The molecule has 0 saturated carbocycles. The van der Waals surface area contributed by atoms with Gasteiger partial charge in [-0.3, -0.25) is 19.5 Å². The summed E-state index contributed by atoms with van der Waals surface area (Å²) in [5, 5.41) is 11.2. The van der Waals surface area contributed by atoms with Gasteiger partial charge < -0.3 is 0 Å². The molecule has 3 rings (SSSR count). The van der Waals surface area contributed by atoms with E-state index in [9.17, 15) is 19.3 Å². The van der Waals surface area contributed by atoms with E-state index in [1.54, 1.807) is 12.1 Å². The van der Waals surface area contributed by atoms with Crippen LogP contribution in [0.25, 0.3) is 10.9 Å². The van der Waals surface area contributed by atoms with Gasteiger partial charge in [-0.15, -0.1) is 0 Å². The average molecular weight is 341 g/mol. The van der Waals surface area contributed by atoms with E-state index in [4.69, 9.17) is 0 Å². The lowest BCUT2D eigenvalue weighted by Crippen LogP contribution is -2.26. The molecule has 1 aromatic heterocycles. The van der Waals surface area contributed by atoms with Crippen molar-refractivity contribution in [2.24, 2.45) is 0 Å². The van der Waals surface area contributed by atoms with E-state index in [0.717, 1.165) is 12.0 Å². The maximum absolute atomic E-state index is 13.1. The molecule has 0 aliphatic rings. The van der Waals surface area contributed by atoms with Crippen LogP contribution in [0.15, 0.2) is 47.3 Å². The summed E-state index contributed by atoms with van der Waals surface area (Å²) in [6, 6.07) is 9.97. The molecule has 0 bridgehead atoms. The van der Waals surface area contributed by atoms with Crippen molar-refractivity contribution in [3.63, 3.8) is 0 Å². The summed E-state index contributed by atoms with van der Waals surface area (Å²) in [5.74, 6) is 0.260. The van der Waals surface area contributed by atoms with Crippen molar-refractivity contribution >= 4 is 16.6 Å². The van der Waals surface area contributed by atoms with Gasteiger partial charge in [0.25, 0.3) is 11.2 Å². The zero-order chi connectivity index (χ0) is 18.0. The Bertz CT molecular complexity index is 997. The van der Waals surface area contributed by atoms with Crippen LogP contribution >= 0.6 is 0 Å². The standard InChI is InChI=1S/C18H16FN3O3/c1-2-3-17-20-16-9-8-14(22(24)25)10-15(16)18(23)21(17)11-12-4-6-13(19)7-5-12/h4-10H,2-3,11H2,1H3. The summed E-state index contributed by atoms with van der Waals surface area (Å²) in [5.41, 5.74) is 0.714. The number of nitro benzene ring substituents is 1. The van der Waals surface area contributed by atoms with Crippen molar-refractivity contribution < 1.29 is 9.31 Å². The maximum Gasteiger partial charge on any atom is 0.270 e. The lowest BCUT2D eigenvalue weighted by Gasteiger charge is -2.13. The minimum Gasteiger partial charge on any atom is -0.292 e. The quantitative estimate of drug-likeness (QED) is 0.526. The van der Waals surface area contributed by atoms with Gasteiger partial charge >= 0.3 is 0 Å². The molecule has 0 saturated heterocycles. The molecule has 0 N–H and O–H groups in total. The Hall–Kier alpha value is -3.09. The first-order chi connectivity index (χ1) is 12.0. The van der Waals surface area contributed by atoms with Crippen LogP contribution in [0, 0.1) is 15.9 Å². The third-order valence-corrected chi connectivity index (χ3v) is 3.96. The smallest absolute Gasteiger partial charge is 0.270 e. The van der Waals surface area contributed by atoms with E-state index in [1.165, 1.54) is 34.9 Å². The number of aromatic nitrogens is 2. The first-order valence-electron chi connectivity index (χ1n) is 7.92. The van der Waals surface area contributed by atoms with Gasteiger partial charge in [0.05, 0.1) is 22.4 Å². The van der Waals surface area contributed by atoms with Crippen LogP contribution in [0.5, 0.6) is 0 Å². The Morgan fingerprint density at radius 2 is 1.92 bits per heavy atom. The second kappa shape index (κ2) is 6.80. The number of rotatable bonds is 5. The fourth-order valence-electron chi connectivity index (χ4n) is 2.72. The number of non-ortho nitro benzene ring substituents is 1. The number of halogens is 1. The lowest BCUT2D eigenvalue weighted by atomic mass is 10.1. The zero-order valence-electron chi connectivity index (χ0n) is 13.6. The van der Waals surface area contributed by atoms with Crippen LogP contribution in [0.1, 0.15) is 24.7 Å². The van der Waals surface area contributed by atoms with Crippen molar-refractivity contribution in [3.05, 3.63) is 80.1 Å². The normalized spacial score (nSPS) is 11.0. The van der Waals surface area contributed by atoms with Gasteiger partial charge in [0.2, 0.25) is 0 Å². The number of nitro groups is 1. The second-order valence-electron chi connectivity index (χ2n) is 5.75. The van der Waals surface area contributed by atoms with Crippen LogP contribution in [-0.2, 0) is 13.0 Å². The maximum atomic E-state index is 13.1. The van der Waals surface area contributed by atoms with E-state index in [-0.39, 0.29) is 29.0 Å². The highest BCUT2D eigenvalue weighted by atomic mass is 19.1. The van der Waals surface area contributed by atoms with Gasteiger partial charge in [0, 0.05) is 18.6 Å². The van der Waals surface area contributed by atoms with Gasteiger partial charge in [-0.1, -0.05) is 19.1 Å². The Morgan fingerprint density at radius 1 is 1.20 bits per heavy atom. The molecule has 0 unspecified atom stereocenters. The summed E-state index contributed by atoms with van der Waals surface area (Å²) < 4.78 is 14.6. The molecule has 2 aromatic carbocycles. The highest BCUT2D eigenvalue weighted by Crippen LogP contribution is 2.18. The van der Waals surface area contributed by atoms with Gasteiger partial charge in [0.15, 0.2) is 0 Å². The van der Waals surface area contributed by atoms with E-state index in [1.807, 2.05) is 6.92 Å². The van der Waals surface area contributed by atoms with Crippen molar-refractivity contribution in [1.29, 1.82) is 0 Å². The van der Waals surface area contributed by atoms with Crippen molar-refractivity contribution in [3.8, 4) is 0 Å². The lowest BCUT2D eigenvalue weighted by molar-refractivity contribution is -0.384. The predicted molar refractivity (Wildman–Crippen MR) is 92.2 cm³/mol. The fourth-order valence-corrected chi connectivity index (χ4v) is 2.72. The minimum absolute atomic E-state index is 0.150. The summed E-state index contributed by atoms with van der Waals surface area (Å²) in [4.78, 5) is 27.8. The minimum atomic E-state index is -0.539. The molecule has 0 atom stereocenters. The van der Waals surface area contributed by atoms with E-state index < -0.39 is 4.92 Å². The molecule has 3 aromatic rings. The molecule has 0 aliphatic carbocycles. The van der Waals surface area contributed by atoms with Crippen LogP contribution < -0.4 is 5.56 Å². The van der Waals surface area contributed by atoms with Crippen LogP contribution in [0.4, 0.5) is 10.1 Å². The molecule has 0 spiro atoms. The Morgan fingerprint density at radius 3 is 2.56 bits per heavy atom. The molecular weight excluding hydrogens is 325 g/mol. The van der Waals surface area contributed by atoms with Gasteiger partial charge in [0.1, 0.15) is 11.6 Å². The molecule has 0 fully saturated rings. The number of hydrogen-bond acceptors (Lipinski definition) is 4. The average Bonchev–Trinajstić information content (AvgIpc) is 2.60. The molecule has 0 amide bonds. The number of benzene rings is 2. The number of fused-ring (bicyclic) bond motifs is 1. The first-order valence-corrected chi connectivity index (χ1v) is 7.92. The largest absolute Gasteiger partial charge is 0.292 e. The molecule has 0 aliphatic heterocycles. The summed E-state index contributed by atoms with van der Waals surface area (Å²) in [6.45, 7) is 2.22. The number of nitrogens with zero attached hydrogens (tertiary/aromatic N) is 3. The molecule has 6 nitrogen and oxygen atoms in total. The zero-order valence-corrected chi connectivity index (χ0v) is 13.6. The number of aryl methyl sites for hydroxylation is 1. The molecular formula is C18H16FN3O3. The summed E-state index contributed by atoms with van der Waals surface area (Å²) in [6.07, 6.45) is 1.40. The van der Waals surface area contributed by atoms with Crippen molar-refractivity contribution in [2.75, 3.05) is 0 Å². The third-order valence-electron chi connectivity index (χ3n) is 3.96. The van der Waals surface area contributed by atoms with Crippen LogP contribution in [0.3, 0.4) is 0 Å². The van der Waals surface area contributed by atoms with Crippen LogP contribution in [0.2, 0.25) is 0 Å². The van der Waals surface area contributed by atoms with E-state index in [0.29, 0.717) is 17.8 Å². The van der Waals surface area contributed by atoms with Gasteiger partial charge in [-0.05, 0) is 30.2 Å². The molecule has 7 heteroatoms. The molecule has 0 radical (unpaired) electrons. The Labute approximate surface area is 142 Å². The summed E-state index contributed by atoms with van der Waals surface area (Å²) >= 11 is 0. The Balaban J connectivity index is 2.17. The number of hydrogen-bond donors (Lipinski definition) is 0. The van der Waals surface area contributed by atoms with Gasteiger partial charge in [-0.2, -0.15) is 0 Å². The van der Waals surface area contributed by atoms with E-state index in [2.05, 4.69) is 4.98 Å². The van der Waals surface area contributed by atoms with Crippen LogP contribution in [-0.4, -0.2) is 14.5 Å². The topological polar surface area (TPSA) is 78.0 Å². The third kappa shape index (κ3) is 3.40. The molecule has 25 heavy (non-hydrogen) atoms. The van der Waals surface area contributed by atoms with Gasteiger partial charge in [-0.25, -0.2) is 9.37 Å². The van der Waals surface area contributed by atoms with Crippen molar-refractivity contribution in [1.82, 2.24) is 9.55 Å². The summed E-state index contributed by atoms with van der Waals surface area (Å²) in [7, 11) is 0. The van der Waals surface area contributed by atoms with E-state index >= 15 is 0 Å². The Kier molecular flexibility index (Phi) is 4.56. The molecule has 128 valence electrons. The van der Waals surface area contributed by atoms with Crippen molar-refractivity contribution in [2.45, 2.75) is 26.3 Å². The monoisotopic (exact) mass is 341 g/mol. The second-order valence-corrected chi connectivity index (χ2v) is 5.75. The molecule has 1 heterocycles. The first kappa shape index (κ1) is 16.8. The predicted octanol–water partition coefficient (Wildman–Crippen LogP) is 3.44. The fraction of sp³-hybridized carbons (Fsp3) is 0.222. The highest BCUT2D eigenvalue weighted by molar-refractivity contribution is 5.80.